The van der Waals surface area contributed by atoms with E-state index in [0.717, 1.165) is 29.2 Å². The Bertz CT molecular complexity index is 2700. The SMILES string of the molecule is CC1(C)C(N=C2C(=O)c3ccccc3C2=C(C#N)C#N)=Cc2sc3c(sc4cc(N=C5C(=O)c6ccccc6C5=C(C#N)C#N)sc43)c21. The van der Waals surface area contributed by atoms with Crippen molar-refractivity contribution < 1.29 is 9.59 Å². The summed E-state index contributed by atoms with van der Waals surface area (Å²) < 4.78 is 4.20. The van der Waals surface area contributed by atoms with Crippen LogP contribution in [0.4, 0.5) is 5.00 Å². The summed E-state index contributed by atoms with van der Waals surface area (Å²) in [6, 6.07) is 23.5. The van der Waals surface area contributed by atoms with Gasteiger partial charge in [0, 0.05) is 37.3 Å². The summed E-state index contributed by atoms with van der Waals surface area (Å²) >= 11 is 4.67. The van der Waals surface area contributed by atoms with Crippen LogP contribution in [0.3, 0.4) is 0 Å². The van der Waals surface area contributed by atoms with E-state index in [1.807, 2.05) is 36.4 Å². The third-order valence-corrected chi connectivity index (χ3v) is 12.5. The van der Waals surface area contributed by atoms with Gasteiger partial charge in [-0.3, -0.25) is 9.59 Å². The Kier molecular flexibility index (Phi) is 6.40. The van der Waals surface area contributed by atoms with Gasteiger partial charge in [-0.15, -0.1) is 34.0 Å². The molecule has 0 saturated heterocycles. The first kappa shape index (κ1) is 29.3. The van der Waals surface area contributed by atoms with Gasteiger partial charge in [0.15, 0.2) is 0 Å². The Hall–Kier alpha value is -6.08. The molecule has 0 atom stereocenters. The molecule has 0 saturated carbocycles. The molecular formula is C37H16N6O2S3. The lowest BCUT2D eigenvalue weighted by Crippen LogP contribution is -2.18. The van der Waals surface area contributed by atoms with Crippen molar-refractivity contribution in [1.29, 1.82) is 21.0 Å². The van der Waals surface area contributed by atoms with Crippen LogP contribution >= 0.6 is 34.0 Å². The zero-order chi connectivity index (χ0) is 33.5. The molecule has 8 nitrogen and oxygen atoms in total. The van der Waals surface area contributed by atoms with E-state index in [0.29, 0.717) is 33.0 Å². The molecule has 3 aliphatic carbocycles. The standard InChI is InChI=1S/C37H16N6O2S3/c1-37(2)25(42-30-27(17(13-38)14-39)19-7-3-5-9-21(19)32(30)44)11-23-29(37)35-36(46-23)34-24(47-35)12-26(48-34)43-31-28(18(15-40)16-41)20-8-4-6-10-22(20)33(31)45/h3-12H,1-2H3. The number of benzene rings is 2. The van der Waals surface area contributed by atoms with Gasteiger partial charge in [0.2, 0.25) is 11.6 Å². The first-order chi connectivity index (χ1) is 23.2. The fourth-order valence-electron chi connectivity index (χ4n) is 6.50. The molecule has 0 unspecified atom stereocenters. The van der Waals surface area contributed by atoms with Gasteiger partial charge < -0.3 is 0 Å². The molecule has 0 N–H and O–H groups in total. The molecule has 8 rings (SSSR count). The van der Waals surface area contributed by atoms with Crippen molar-refractivity contribution in [3.8, 4) is 24.3 Å². The number of carbonyl (C=O) groups is 2. The molecule has 0 fully saturated rings. The fraction of sp³-hybridized carbons (Fsp3) is 0.0811. The number of nitriles is 4. The van der Waals surface area contributed by atoms with E-state index in [-0.39, 0.29) is 45.3 Å². The molecule has 0 bridgehead atoms. The van der Waals surface area contributed by atoms with Crippen molar-refractivity contribution in [2.75, 3.05) is 0 Å². The van der Waals surface area contributed by atoms with Crippen molar-refractivity contribution in [1.82, 2.24) is 0 Å². The molecule has 0 radical (unpaired) electrons. The number of fused-ring (bicyclic) bond motifs is 7. The monoisotopic (exact) mass is 672 g/mol. The number of allylic oxidation sites excluding steroid dienone is 5. The number of carbonyl (C=O) groups excluding carboxylic acids is 2. The number of aliphatic imine (C=N–C) groups is 2. The van der Waals surface area contributed by atoms with Gasteiger partial charge in [-0.25, -0.2) is 9.98 Å². The Labute approximate surface area is 285 Å². The number of ketones is 2. The third kappa shape index (κ3) is 3.94. The van der Waals surface area contributed by atoms with Crippen LogP contribution in [0.2, 0.25) is 0 Å². The Balaban J connectivity index is 1.23. The summed E-state index contributed by atoms with van der Waals surface area (Å²) in [4.78, 5) is 37.5. The van der Waals surface area contributed by atoms with Gasteiger partial charge in [-0.05, 0) is 28.8 Å². The highest BCUT2D eigenvalue weighted by Crippen LogP contribution is 2.56. The third-order valence-electron chi connectivity index (χ3n) is 8.72. The predicted molar refractivity (Wildman–Crippen MR) is 188 cm³/mol. The van der Waals surface area contributed by atoms with Crippen molar-refractivity contribution in [2.24, 2.45) is 9.98 Å². The van der Waals surface area contributed by atoms with Crippen molar-refractivity contribution in [3.05, 3.63) is 104 Å². The lowest BCUT2D eigenvalue weighted by Gasteiger charge is -2.21. The van der Waals surface area contributed by atoms with Crippen LogP contribution in [0.15, 0.2) is 81.4 Å². The smallest absolute Gasteiger partial charge is 0.212 e. The van der Waals surface area contributed by atoms with E-state index in [9.17, 15) is 30.6 Å². The molecule has 48 heavy (non-hydrogen) atoms. The van der Waals surface area contributed by atoms with Crippen LogP contribution in [0, 0.1) is 45.3 Å². The first-order valence-corrected chi connectivity index (χ1v) is 16.9. The molecule has 3 heterocycles. The van der Waals surface area contributed by atoms with Crippen molar-refractivity contribution in [2.45, 2.75) is 19.3 Å². The zero-order valence-corrected chi connectivity index (χ0v) is 27.4. The predicted octanol–water partition coefficient (Wildman–Crippen LogP) is 8.72. The number of thiophene rings is 3. The molecule has 224 valence electrons. The summed E-state index contributed by atoms with van der Waals surface area (Å²) in [7, 11) is 0. The van der Waals surface area contributed by atoms with Crippen LogP contribution in [-0.2, 0) is 5.41 Å². The fourth-order valence-corrected chi connectivity index (χ4v) is 10.9. The molecular weight excluding hydrogens is 657 g/mol. The molecule has 3 aromatic heterocycles. The van der Waals surface area contributed by atoms with Gasteiger partial charge in [0.25, 0.3) is 0 Å². The van der Waals surface area contributed by atoms with Gasteiger partial charge in [0.1, 0.15) is 51.8 Å². The molecule has 11 heteroatoms. The number of nitrogens with zero attached hydrogens (tertiary/aromatic N) is 6. The first-order valence-electron chi connectivity index (χ1n) is 14.5. The summed E-state index contributed by atoms with van der Waals surface area (Å²) in [5.74, 6) is -0.634. The highest BCUT2D eigenvalue weighted by Gasteiger charge is 2.41. The summed E-state index contributed by atoms with van der Waals surface area (Å²) in [6.45, 7) is 4.10. The zero-order valence-electron chi connectivity index (χ0n) is 25.0. The number of hydrogen-bond donors (Lipinski definition) is 0. The molecule has 0 aliphatic heterocycles. The Morgan fingerprint density at radius 1 is 0.667 bits per heavy atom. The molecule has 0 amide bonds. The van der Waals surface area contributed by atoms with Gasteiger partial charge >= 0.3 is 0 Å². The van der Waals surface area contributed by atoms with Crippen LogP contribution in [0.1, 0.15) is 56.1 Å². The second-order valence-electron chi connectivity index (χ2n) is 11.7. The number of Topliss-reactive ketones (excluding diaryl/α,β-unsaturated/α-hetero) is 2. The summed E-state index contributed by atoms with van der Waals surface area (Å²) in [5.41, 5.74) is 3.50. The Morgan fingerprint density at radius 3 is 1.73 bits per heavy atom. The minimum Gasteiger partial charge on any atom is -0.287 e. The number of hydrogen-bond acceptors (Lipinski definition) is 11. The topological polar surface area (TPSA) is 154 Å². The minimum absolute atomic E-state index is 0.0916. The molecule has 3 aliphatic rings. The lowest BCUT2D eigenvalue weighted by atomic mass is 9.86. The maximum atomic E-state index is 13.5. The average Bonchev–Trinajstić information content (AvgIpc) is 3.89. The van der Waals surface area contributed by atoms with E-state index >= 15 is 0 Å². The maximum Gasteiger partial charge on any atom is 0.212 e. The van der Waals surface area contributed by atoms with Crippen LogP contribution in [0.25, 0.3) is 36.0 Å². The Morgan fingerprint density at radius 2 is 1.19 bits per heavy atom. The van der Waals surface area contributed by atoms with E-state index < -0.39 is 5.41 Å². The van der Waals surface area contributed by atoms with Crippen LogP contribution in [0.5, 0.6) is 0 Å². The normalized spacial score (nSPS) is 17.2. The molecule has 2 aromatic carbocycles. The lowest BCUT2D eigenvalue weighted by molar-refractivity contribution is 0.106. The quantitative estimate of drug-likeness (QED) is 0.171. The van der Waals surface area contributed by atoms with Gasteiger partial charge in [-0.2, -0.15) is 21.0 Å². The van der Waals surface area contributed by atoms with E-state index in [2.05, 4.69) is 13.8 Å². The average molecular weight is 673 g/mol. The molecule has 0 spiro atoms. The maximum absolute atomic E-state index is 13.5. The van der Waals surface area contributed by atoms with Crippen molar-refractivity contribution >= 4 is 98.0 Å². The highest BCUT2D eigenvalue weighted by molar-refractivity contribution is 7.39. The molecule has 5 aromatic rings. The second kappa shape index (κ2) is 10.5. The highest BCUT2D eigenvalue weighted by atomic mass is 32.1. The second-order valence-corrected chi connectivity index (χ2v) is 14.8. The van der Waals surface area contributed by atoms with Crippen LogP contribution < -0.4 is 0 Å². The largest absolute Gasteiger partial charge is 0.287 e. The van der Waals surface area contributed by atoms with E-state index in [1.54, 1.807) is 71.2 Å². The van der Waals surface area contributed by atoms with E-state index in [1.165, 1.54) is 11.3 Å². The van der Waals surface area contributed by atoms with Crippen molar-refractivity contribution in [3.63, 3.8) is 0 Å². The minimum atomic E-state index is -0.580. The number of rotatable bonds is 2. The summed E-state index contributed by atoms with van der Waals surface area (Å²) in [5, 5.41) is 39.3. The van der Waals surface area contributed by atoms with E-state index in [4.69, 9.17) is 9.98 Å². The van der Waals surface area contributed by atoms with Crippen LogP contribution in [-0.4, -0.2) is 23.0 Å². The van der Waals surface area contributed by atoms with Gasteiger partial charge in [-0.1, -0.05) is 62.4 Å². The summed E-state index contributed by atoms with van der Waals surface area (Å²) in [6.07, 6.45) is 1.98. The van der Waals surface area contributed by atoms with Gasteiger partial charge in [0.05, 0.1) is 19.8 Å².